The molecule has 0 radical (unpaired) electrons. The number of halogens is 1. The van der Waals surface area contributed by atoms with E-state index in [9.17, 15) is 4.79 Å². The van der Waals surface area contributed by atoms with Crippen molar-refractivity contribution in [2.45, 2.75) is 32.1 Å². The van der Waals surface area contributed by atoms with Crippen LogP contribution < -0.4 is 4.90 Å². The van der Waals surface area contributed by atoms with Crippen molar-refractivity contribution in [2.75, 3.05) is 18.0 Å². The van der Waals surface area contributed by atoms with Gasteiger partial charge in [-0.1, -0.05) is 36.9 Å². The average molecular weight is 294 g/mol. The second-order valence-corrected chi connectivity index (χ2v) is 5.54. The topological polar surface area (TPSA) is 40.5 Å². The van der Waals surface area contributed by atoms with Gasteiger partial charge in [-0.15, -0.1) is 0 Å². The number of carbonyl (C=O) groups is 1. The van der Waals surface area contributed by atoms with Crippen LogP contribution in [0.4, 0.5) is 5.69 Å². The largest absolute Gasteiger partial charge is 0.478 e. The van der Waals surface area contributed by atoms with Crippen LogP contribution in [-0.4, -0.2) is 24.2 Å². The van der Waals surface area contributed by atoms with Gasteiger partial charge in [0.15, 0.2) is 0 Å². The summed E-state index contributed by atoms with van der Waals surface area (Å²) in [7, 11) is 0. The van der Waals surface area contributed by atoms with Crippen LogP contribution in [0.1, 0.15) is 37.7 Å². The van der Waals surface area contributed by atoms with Gasteiger partial charge in [0.05, 0.1) is 10.7 Å². The maximum Gasteiger partial charge on any atom is 0.328 e. The lowest BCUT2D eigenvalue weighted by molar-refractivity contribution is -0.131. The summed E-state index contributed by atoms with van der Waals surface area (Å²) < 4.78 is 0. The molecule has 0 unspecified atom stereocenters. The van der Waals surface area contributed by atoms with E-state index in [1.54, 1.807) is 6.08 Å². The first-order chi connectivity index (χ1) is 9.66. The maximum atomic E-state index is 10.5. The highest BCUT2D eigenvalue weighted by atomic mass is 35.5. The number of hydrogen-bond donors (Lipinski definition) is 1. The summed E-state index contributed by atoms with van der Waals surface area (Å²) in [5.74, 6) is -0.950. The van der Waals surface area contributed by atoms with E-state index in [4.69, 9.17) is 16.7 Å². The maximum absolute atomic E-state index is 10.5. The molecule has 0 spiro atoms. The third-order valence-electron chi connectivity index (χ3n) is 3.59. The van der Waals surface area contributed by atoms with Gasteiger partial charge in [0.2, 0.25) is 0 Å². The lowest BCUT2D eigenvalue weighted by atomic mass is 10.1. The van der Waals surface area contributed by atoms with Crippen molar-refractivity contribution >= 4 is 29.3 Å². The molecule has 0 amide bonds. The fourth-order valence-corrected chi connectivity index (χ4v) is 2.85. The lowest BCUT2D eigenvalue weighted by Crippen LogP contribution is -2.27. The Kier molecular flexibility index (Phi) is 5.48. The van der Waals surface area contributed by atoms with E-state index in [0.29, 0.717) is 5.02 Å². The molecule has 0 aromatic heterocycles. The molecular weight excluding hydrogens is 274 g/mol. The summed E-state index contributed by atoms with van der Waals surface area (Å²) in [6.45, 7) is 2.09. The van der Waals surface area contributed by atoms with Crippen molar-refractivity contribution in [1.29, 1.82) is 0 Å². The number of benzene rings is 1. The number of carboxylic acids is 1. The summed E-state index contributed by atoms with van der Waals surface area (Å²) in [5.41, 5.74) is 1.87. The number of aliphatic carboxylic acids is 1. The van der Waals surface area contributed by atoms with Gasteiger partial charge in [-0.2, -0.15) is 0 Å². The minimum absolute atomic E-state index is 0.693. The van der Waals surface area contributed by atoms with Crippen molar-refractivity contribution in [1.82, 2.24) is 0 Å². The van der Waals surface area contributed by atoms with Gasteiger partial charge >= 0.3 is 5.97 Å². The Hall–Kier alpha value is -1.48. The smallest absolute Gasteiger partial charge is 0.328 e. The van der Waals surface area contributed by atoms with E-state index in [1.807, 2.05) is 18.2 Å². The van der Waals surface area contributed by atoms with Crippen LogP contribution in [0.3, 0.4) is 0 Å². The summed E-state index contributed by atoms with van der Waals surface area (Å²) >= 11 is 6.35. The van der Waals surface area contributed by atoms with Crippen LogP contribution in [0.25, 0.3) is 6.08 Å². The van der Waals surface area contributed by atoms with E-state index in [0.717, 1.165) is 30.4 Å². The van der Waals surface area contributed by atoms with Gasteiger partial charge in [-0.25, -0.2) is 4.79 Å². The van der Waals surface area contributed by atoms with Crippen molar-refractivity contribution in [2.24, 2.45) is 0 Å². The summed E-state index contributed by atoms with van der Waals surface area (Å²) in [4.78, 5) is 12.9. The lowest BCUT2D eigenvalue weighted by Gasteiger charge is -2.27. The minimum Gasteiger partial charge on any atom is -0.478 e. The zero-order valence-electron chi connectivity index (χ0n) is 11.5. The standard InChI is InChI=1S/C16H20ClNO2/c17-14-12-13(7-9-16(19)20)6-8-15(14)18-10-4-2-1-3-5-11-18/h6-9,12H,1-5,10-11H2,(H,19,20)/b9-7+. The molecule has 3 nitrogen and oxygen atoms in total. The second-order valence-electron chi connectivity index (χ2n) is 5.14. The fourth-order valence-electron chi connectivity index (χ4n) is 2.54. The zero-order chi connectivity index (χ0) is 14.4. The first-order valence-electron chi connectivity index (χ1n) is 7.12. The highest BCUT2D eigenvalue weighted by Crippen LogP contribution is 2.29. The Morgan fingerprint density at radius 1 is 1.15 bits per heavy atom. The quantitative estimate of drug-likeness (QED) is 0.849. The Morgan fingerprint density at radius 2 is 1.80 bits per heavy atom. The SMILES string of the molecule is O=C(O)/C=C/c1ccc(N2CCCCCCC2)c(Cl)c1. The van der Waals surface area contributed by atoms with Crippen LogP contribution in [0, 0.1) is 0 Å². The second kappa shape index (κ2) is 7.34. The molecule has 20 heavy (non-hydrogen) atoms. The molecule has 2 rings (SSSR count). The number of carboxylic acid groups (broad SMARTS) is 1. The third-order valence-corrected chi connectivity index (χ3v) is 3.89. The predicted octanol–water partition coefficient (Wildman–Crippen LogP) is 4.21. The van der Waals surface area contributed by atoms with Gasteiger partial charge in [0.25, 0.3) is 0 Å². The van der Waals surface area contributed by atoms with E-state index in [-0.39, 0.29) is 0 Å². The van der Waals surface area contributed by atoms with Crippen molar-refractivity contribution in [3.8, 4) is 0 Å². The highest BCUT2D eigenvalue weighted by Gasteiger charge is 2.12. The van der Waals surface area contributed by atoms with Crippen LogP contribution in [0.2, 0.25) is 5.02 Å². The van der Waals surface area contributed by atoms with E-state index in [2.05, 4.69) is 4.90 Å². The Bertz CT molecular complexity index is 491. The van der Waals surface area contributed by atoms with Gasteiger partial charge in [0.1, 0.15) is 0 Å². The zero-order valence-corrected chi connectivity index (χ0v) is 12.3. The molecule has 1 aromatic rings. The van der Waals surface area contributed by atoms with Gasteiger partial charge in [-0.3, -0.25) is 0 Å². The molecule has 0 atom stereocenters. The van der Waals surface area contributed by atoms with Crippen LogP contribution in [0.15, 0.2) is 24.3 Å². The van der Waals surface area contributed by atoms with E-state index in [1.165, 1.54) is 32.1 Å². The molecule has 1 N–H and O–H groups in total. The molecule has 1 fully saturated rings. The molecule has 1 saturated heterocycles. The van der Waals surface area contributed by atoms with Crippen molar-refractivity contribution in [3.63, 3.8) is 0 Å². The van der Waals surface area contributed by atoms with Gasteiger partial charge < -0.3 is 10.0 Å². The minimum atomic E-state index is -0.950. The summed E-state index contributed by atoms with van der Waals surface area (Å²) in [5, 5.41) is 9.33. The van der Waals surface area contributed by atoms with Crippen molar-refractivity contribution in [3.05, 3.63) is 34.9 Å². The Balaban J connectivity index is 2.13. The monoisotopic (exact) mass is 293 g/mol. The first-order valence-corrected chi connectivity index (χ1v) is 7.50. The molecule has 0 saturated carbocycles. The highest BCUT2D eigenvalue weighted by molar-refractivity contribution is 6.33. The Morgan fingerprint density at radius 3 is 2.40 bits per heavy atom. The normalized spacial score (nSPS) is 16.9. The number of anilines is 1. The van der Waals surface area contributed by atoms with Crippen molar-refractivity contribution < 1.29 is 9.90 Å². The summed E-state index contributed by atoms with van der Waals surface area (Å²) in [6.07, 6.45) is 9.00. The molecule has 4 heteroatoms. The molecule has 1 aliphatic rings. The molecule has 1 aliphatic heterocycles. The molecule has 108 valence electrons. The van der Waals surface area contributed by atoms with E-state index >= 15 is 0 Å². The molecule has 1 aromatic carbocycles. The third kappa shape index (κ3) is 4.27. The van der Waals surface area contributed by atoms with E-state index < -0.39 is 5.97 Å². The van der Waals surface area contributed by atoms with Crippen LogP contribution >= 0.6 is 11.6 Å². The van der Waals surface area contributed by atoms with Gasteiger partial charge in [-0.05, 0) is 36.6 Å². The average Bonchev–Trinajstić information content (AvgIpc) is 2.37. The first kappa shape index (κ1) is 14.9. The molecule has 0 aliphatic carbocycles. The summed E-state index contributed by atoms with van der Waals surface area (Å²) in [6, 6.07) is 5.74. The number of nitrogens with zero attached hydrogens (tertiary/aromatic N) is 1. The van der Waals surface area contributed by atoms with Crippen LogP contribution in [0.5, 0.6) is 0 Å². The molecule has 1 heterocycles. The Labute approximate surface area is 124 Å². The molecular formula is C16H20ClNO2. The predicted molar refractivity (Wildman–Crippen MR) is 83.4 cm³/mol. The molecule has 0 bridgehead atoms. The fraction of sp³-hybridized carbons (Fsp3) is 0.438. The number of rotatable bonds is 3. The number of hydrogen-bond acceptors (Lipinski definition) is 2. The van der Waals surface area contributed by atoms with Gasteiger partial charge in [0, 0.05) is 19.2 Å². The van der Waals surface area contributed by atoms with Crippen LogP contribution in [-0.2, 0) is 4.79 Å².